The molecule has 0 atom stereocenters. The number of hydrogen-bond donors (Lipinski definition) is 2. The summed E-state index contributed by atoms with van der Waals surface area (Å²) in [5, 5.41) is 3.25. The highest BCUT2D eigenvalue weighted by atomic mass is 32.2. The standard InChI is InChI=1S/C21H23N3O3S/c1-15-4-10-20(12-16(15)2)28(25,26)24-21-11-7-18(14-23-21)22-13-17-5-8-19(27-3)9-6-17/h4-12,14,22H,13H2,1-3H3,(H,23,24). The SMILES string of the molecule is COc1ccc(CNc2ccc(NS(=O)(=O)c3ccc(C)c(C)c3)nc2)cc1. The summed E-state index contributed by atoms with van der Waals surface area (Å²) < 4.78 is 32.7. The predicted molar refractivity (Wildman–Crippen MR) is 111 cm³/mol. The van der Waals surface area contributed by atoms with Crippen molar-refractivity contribution in [3.63, 3.8) is 0 Å². The van der Waals surface area contributed by atoms with Gasteiger partial charge in [0.05, 0.1) is 23.9 Å². The van der Waals surface area contributed by atoms with Crippen LogP contribution in [0.2, 0.25) is 0 Å². The van der Waals surface area contributed by atoms with Gasteiger partial charge >= 0.3 is 0 Å². The smallest absolute Gasteiger partial charge is 0.263 e. The van der Waals surface area contributed by atoms with Crippen molar-refractivity contribution < 1.29 is 13.2 Å². The average molecular weight is 398 g/mol. The van der Waals surface area contributed by atoms with Crippen molar-refractivity contribution in [2.75, 3.05) is 17.1 Å². The van der Waals surface area contributed by atoms with Crippen LogP contribution < -0.4 is 14.8 Å². The Morgan fingerprint density at radius 2 is 1.71 bits per heavy atom. The summed E-state index contributed by atoms with van der Waals surface area (Å²) in [6.45, 7) is 4.45. The first-order valence-electron chi connectivity index (χ1n) is 8.80. The number of anilines is 2. The molecule has 0 bridgehead atoms. The van der Waals surface area contributed by atoms with Crippen LogP contribution >= 0.6 is 0 Å². The van der Waals surface area contributed by atoms with Gasteiger partial charge in [-0.1, -0.05) is 18.2 Å². The molecule has 3 rings (SSSR count). The first kappa shape index (κ1) is 19.7. The van der Waals surface area contributed by atoms with E-state index in [4.69, 9.17) is 4.74 Å². The van der Waals surface area contributed by atoms with Crippen LogP contribution in [-0.4, -0.2) is 20.5 Å². The Morgan fingerprint density at radius 3 is 2.32 bits per heavy atom. The minimum absolute atomic E-state index is 0.221. The third-order valence-corrected chi connectivity index (χ3v) is 5.80. The van der Waals surface area contributed by atoms with E-state index in [0.717, 1.165) is 28.1 Å². The highest BCUT2D eigenvalue weighted by molar-refractivity contribution is 7.92. The molecule has 0 saturated carbocycles. The number of methoxy groups -OCH3 is 1. The van der Waals surface area contributed by atoms with Crippen molar-refractivity contribution in [2.24, 2.45) is 0 Å². The van der Waals surface area contributed by atoms with Crippen LogP contribution in [0.5, 0.6) is 5.75 Å². The Labute approximate surface area is 165 Å². The maximum atomic E-state index is 12.5. The molecule has 0 fully saturated rings. The fraction of sp³-hybridized carbons (Fsp3) is 0.190. The number of aromatic nitrogens is 1. The first-order chi connectivity index (χ1) is 13.4. The Morgan fingerprint density at radius 1 is 0.964 bits per heavy atom. The van der Waals surface area contributed by atoms with Gasteiger partial charge in [0.1, 0.15) is 11.6 Å². The molecule has 0 aliphatic heterocycles. The molecule has 1 heterocycles. The molecule has 28 heavy (non-hydrogen) atoms. The molecular formula is C21H23N3O3S. The van der Waals surface area contributed by atoms with Crippen molar-refractivity contribution in [3.8, 4) is 5.75 Å². The summed E-state index contributed by atoms with van der Waals surface area (Å²) >= 11 is 0. The van der Waals surface area contributed by atoms with Crippen LogP contribution in [0.15, 0.2) is 65.7 Å². The molecule has 0 saturated heterocycles. The molecule has 0 radical (unpaired) electrons. The van der Waals surface area contributed by atoms with Gasteiger partial charge in [-0.05, 0) is 66.9 Å². The highest BCUT2D eigenvalue weighted by Crippen LogP contribution is 2.19. The molecule has 2 aromatic carbocycles. The molecule has 2 N–H and O–H groups in total. The summed E-state index contributed by atoms with van der Waals surface area (Å²) in [6, 6.07) is 16.2. The number of benzene rings is 2. The number of nitrogens with one attached hydrogen (secondary N) is 2. The first-order valence-corrected chi connectivity index (χ1v) is 10.3. The average Bonchev–Trinajstić information content (AvgIpc) is 2.69. The largest absolute Gasteiger partial charge is 0.497 e. The molecule has 6 nitrogen and oxygen atoms in total. The van der Waals surface area contributed by atoms with E-state index >= 15 is 0 Å². The van der Waals surface area contributed by atoms with E-state index in [0.29, 0.717) is 6.54 Å². The lowest BCUT2D eigenvalue weighted by atomic mass is 10.1. The van der Waals surface area contributed by atoms with Crippen LogP contribution in [-0.2, 0) is 16.6 Å². The second-order valence-corrected chi connectivity index (χ2v) is 8.17. The molecule has 146 valence electrons. The second-order valence-electron chi connectivity index (χ2n) is 6.49. The van der Waals surface area contributed by atoms with Crippen LogP contribution in [0.1, 0.15) is 16.7 Å². The normalized spacial score (nSPS) is 11.1. The molecule has 3 aromatic rings. The predicted octanol–water partition coefficient (Wildman–Crippen LogP) is 4.12. The summed E-state index contributed by atoms with van der Waals surface area (Å²) in [5.41, 5.74) is 3.86. The lowest BCUT2D eigenvalue weighted by Gasteiger charge is -2.10. The molecule has 0 aliphatic rings. The molecule has 0 amide bonds. The number of hydrogen-bond acceptors (Lipinski definition) is 5. The summed E-state index contributed by atoms with van der Waals surface area (Å²) in [4.78, 5) is 4.42. The van der Waals surface area contributed by atoms with Crippen molar-refractivity contribution in [3.05, 3.63) is 77.5 Å². The monoisotopic (exact) mass is 397 g/mol. The minimum Gasteiger partial charge on any atom is -0.497 e. The van der Waals surface area contributed by atoms with E-state index in [9.17, 15) is 8.42 Å². The van der Waals surface area contributed by atoms with Crippen molar-refractivity contribution in [1.29, 1.82) is 0 Å². The van der Waals surface area contributed by atoms with Gasteiger partial charge in [0.15, 0.2) is 0 Å². The Hall–Kier alpha value is -3.06. The number of aryl methyl sites for hydroxylation is 2. The summed E-state index contributed by atoms with van der Waals surface area (Å²) in [6.07, 6.45) is 1.60. The van der Waals surface area contributed by atoms with Crippen LogP contribution in [0.25, 0.3) is 0 Å². The van der Waals surface area contributed by atoms with E-state index in [1.807, 2.05) is 38.1 Å². The zero-order valence-electron chi connectivity index (χ0n) is 16.1. The van der Waals surface area contributed by atoms with Crippen molar-refractivity contribution in [2.45, 2.75) is 25.3 Å². The number of nitrogens with zero attached hydrogens (tertiary/aromatic N) is 1. The topological polar surface area (TPSA) is 80.3 Å². The summed E-state index contributed by atoms with van der Waals surface area (Å²) in [7, 11) is -2.04. The van der Waals surface area contributed by atoms with Gasteiger partial charge in [0.25, 0.3) is 10.0 Å². The quantitative estimate of drug-likeness (QED) is 0.627. The summed E-state index contributed by atoms with van der Waals surface area (Å²) in [5.74, 6) is 1.08. The minimum atomic E-state index is -3.67. The number of pyridine rings is 1. The van der Waals surface area contributed by atoms with E-state index in [2.05, 4.69) is 15.0 Å². The Balaban J connectivity index is 1.64. The maximum absolute atomic E-state index is 12.5. The van der Waals surface area contributed by atoms with Gasteiger partial charge in [0, 0.05) is 6.54 Å². The molecular weight excluding hydrogens is 374 g/mol. The van der Waals surface area contributed by atoms with Gasteiger partial charge in [-0.2, -0.15) is 0 Å². The van der Waals surface area contributed by atoms with Gasteiger partial charge in [-0.25, -0.2) is 13.4 Å². The van der Waals surface area contributed by atoms with E-state index in [1.54, 1.807) is 43.6 Å². The highest BCUT2D eigenvalue weighted by Gasteiger charge is 2.15. The number of rotatable bonds is 7. The lowest BCUT2D eigenvalue weighted by molar-refractivity contribution is 0.414. The Kier molecular flexibility index (Phi) is 5.84. The van der Waals surface area contributed by atoms with Crippen molar-refractivity contribution in [1.82, 2.24) is 4.98 Å². The molecule has 0 spiro atoms. The van der Waals surface area contributed by atoms with Crippen LogP contribution in [0.4, 0.5) is 11.5 Å². The van der Waals surface area contributed by atoms with E-state index < -0.39 is 10.0 Å². The third kappa shape index (κ3) is 4.80. The van der Waals surface area contributed by atoms with Gasteiger partial charge in [-0.3, -0.25) is 4.72 Å². The second kappa shape index (κ2) is 8.31. The molecule has 0 unspecified atom stereocenters. The molecule has 1 aromatic heterocycles. The van der Waals surface area contributed by atoms with E-state index in [1.165, 1.54) is 0 Å². The molecule has 7 heteroatoms. The van der Waals surface area contributed by atoms with Crippen LogP contribution in [0.3, 0.4) is 0 Å². The van der Waals surface area contributed by atoms with Gasteiger partial charge in [0.2, 0.25) is 0 Å². The van der Waals surface area contributed by atoms with E-state index in [-0.39, 0.29) is 10.7 Å². The zero-order chi connectivity index (χ0) is 20.1. The number of ether oxygens (including phenoxy) is 1. The molecule has 0 aliphatic carbocycles. The lowest BCUT2D eigenvalue weighted by Crippen LogP contribution is -2.14. The van der Waals surface area contributed by atoms with Crippen molar-refractivity contribution >= 4 is 21.5 Å². The maximum Gasteiger partial charge on any atom is 0.263 e. The zero-order valence-corrected chi connectivity index (χ0v) is 16.9. The van der Waals surface area contributed by atoms with Gasteiger partial charge in [-0.15, -0.1) is 0 Å². The third-order valence-electron chi connectivity index (χ3n) is 4.45. The number of sulfonamides is 1. The van der Waals surface area contributed by atoms with Gasteiger partial charge < -0.3 is 10.1 Å². The van der Waals surface area contributed by atoms with Crippen LogP contribution in [0, 0.1) is 13.8 Å². The fourth-order valence-electron chi connectivity index (χ4n) is 2.58. The Bertz CT molecular complexity index is 1050. The fourth-order valence-corrected chi connectivity index (χ4v) is 3.68.